The van der Waals surface area contributed by atoms with E-state index >= 15 is 0 Å². The molecule has 0 radical (unpaired) electrons. The van der Waals surface area contributed by atoms with Gasteiger partial charge in [-0.2, -0.15) is 5.10 Å². The van der Waals surface area contributed by atoms with Crippen molar-refractivity contribution < 1.29 is 14.6 Å². The van der Waals surface area contributed by atoms with Gasteiger partial charge in [0.05, 0.1) is 13.7 Å². The summed E-state index contributed by atoms with van der Waals surface area (Å²) in [6.07, 6.45) is 4.42. The topological polar surface area (TPSA) is 64.3 Å². The molecular weight excluding hydrogens is 256 g/mol. The largest absolute Gasteiger partial charge is 0.496 e. The van der Waals surface area contributed by atoms with Gasteiger partial charge in [0, 0.05) is 23.5 Å². The molecule has 0 spiro atoms. The van der Waals surface area contributed by atoms with Gasteiger partial charge in [0.15, 0.2) is 0 Å². The summed E-state index contributed by atoms with van der Waals surface area (Å²) >= 11 is 0. The zero-order chi connectivity index (χ0) is 14.5. The summed E-state index contributed by atoms with van der Waals surface area (Å²) < 4.78 is 7.20. The van der Waals surface area contributed by atoms with Crippen LogP contribution in [-0.2, 0) is 11.3 Å². The molecule has 1 heterocycles. The summed E-state index contributed by atoms with van der Waals surface area (Å²) in [5.41, 5.74) is 2.82. The number of hydrogen-bond donors (Lipinski definition) is 1. The Hall–Kier alpha value is -2.56. The zero-order valence-electron chi connectivity index (χ0n) is 11.4. The van der Waals surface area contributed by atoms with Crippen LogP contribution in [0.15, 0.2) is 36.5 Å². The second-order valence-electron chi connectivity index (χ2n) is 4.37. The van der Waals surface area contributed by atoms with E-state index in [1.54, 1.807) is 19.4 Å². The number of carbonyl (C=O) groups is 1. The van der Waals surface area contributed by atoms with Gasteiger partial charge in [0.2, 0.25) is 0 Å². The average molecular weight is 272 g/mol. The van der Waals surface area contributed by atoms with Gasteiger partial charge < -0.3 is 9.84 Å². The Morgan fingerprint density at radius 1 is 1.45 bits per heavy atom. The number of aromatic nitrogens is 2. The minimum atomic E-state index is -0.967. The maximum atomic E-state index is 10.6. The van der Waals surface area contributed by atoms with Crippen LogP contribution < -0.4 is 4.74 Å². The molecule has 0 aliphatic carbocycles. The zero-order valence-corrected chi connectivity index (χ0v) is 11.4. The Bertz CT molecular complexity index is 644. The smallest absolute Gasteiger partial charge is 0.328 e. The van der Waals surface area contributed by atoms with E-state index in [1.165, 1.54) is 0 Å². The molecule has 1 aromatic heterocycles. The number of benzene rings is 1. The van der Waals surface area contributed by atoms with Gasteiger partial charge >= 0.3 is 5.97 Å². The lowest BCUT2D eigenvalue weighted by molar-refractivity contribution is -0.131. The summed E-state index contributed by atoms with van der Waals surface area (Å²) in [6.45, 7) is 2.56. The number of methoxy groups -OCH3 is 1. The number of rotatable bonds is 5. The molecule has 1 aromatic carbocycles. The minimum Gasteiger partial charge on any atom is -0.496 e. The number of aliphatic carboxylic acids is 1. The van der Waals surface area contributed by atoms with Crippen molar-refractivity contribution in [3.8, 4) is 5.75 Å². The van der Waals surface area contributed by atoms with Crippen LogP contribution >= 0.6 is 0 Å². The fourth-order valence-corrected chi connectivity index (χ4v) is 1.92. The highest BCUT2D eigenvalue weighted by atomic mass is 16.5. The monoisotopic (exact) mass is 272 g/mol. The maximum Gasteiger partial charge on any atom is 0.328 e. The number of carboxylic acids is 1. The van der Waals surface area contributed by atoms with Crippen molar-refractivity contribution in [2.24, 2.45) is 0 Å². The predicted molar refractivity (Wildman–Crippen MR) is 75.7 cm³/mol. The first-order valence-electron chi connectivity index (χ1n) is 6.16. The molecule has 0 atom stereocenters. The van der Waals surface area contributed by atoms with E-state index in [4.69, 9.17) is 9.84 Å². The number of aryl methyl sites for hydroxylation is 1. The first-order valence-corrected chi connectivity index (χ1v) is 6.16. The molecular formula is C15H16N2O3. The normalized spacial score (nSPS) is 10.9. The Labute approximate surface area is 117 Å². The standard InChI is InChI=1S/C15H16N2O3/c1-11-7-8-16-17(11)10-13-9-12(4-6-15(18)19)3-5-14(13)20-2/h3-9H,10H2,1-2H3,(H,18,19). The molecule has 2 aromatic rings. The highest BCUT2D eigenvalue weighted by Gasteiger charge is 2.06. The second-order valence-corrected chi connectivity index (χ2v) is 4.37. The third kappa shape index (κ3) is 3.26. The van der Waals surface area contributed by atoms with E-state index < -0.39 is 5.97 Å². The Morgan fingerprint density at radius 2 is 2.25 bits per heavy atom. The van der Waals surface area contributed by atoms with Crippen molar-refractivity contribution in [2.45, 2.75) is 13.5 Å². The molecule has 5 heteroatoms. The van der Waals surface area contributed by atoms with Crippen molar-refractivity contribution in [2.75, 3.05) is 7.11 Å². The lowest BCUT2D eigenvalue weighted by atomic mass is 10.1. The first-order chi connectivity index (χ1) is 9.60. The van der Waals surface area contributed by atoms with E-state index in [9.17, 15) is 4.79 Å². The fraction of sp³-hybridized carbons (Fsp3) is 0.200. The van der Waals surface area contributed by atoms with Crippen molar-refractivity contribution in [1.29, 1.82) is 0 Å². The van der Waals surface area contributed by atoms with Gasteiger partial charge in [-0.05, 0) is 36.8 Å². The van der Waals surface area contributed by atoms with Crippen LogP contribution in [0.4, 0.5) is 0 Å². The summed E-state index contributed by atoms with van der Waals surface area (Å²) in [7, 11) is 1.61. The third-order valence-electron chi connectivity index (χ3n) is 2.97. The van der Waals surface area contributed by atoms with Crippen LogP contribution in [-0.4, -0.2) is 28.0 Å². The van der Waals surface area contributed by atoms with E-state index in [2.05, 4.69) is 5.10 Å². The Kier molecular flexibility index (Phi) is 4.20. The van der Waals surface area contributed by atoms with E-state index in [0.717, 1.165) is 28.6 Å². The molecule has 20 heavy (non-hydrogen) atoms. The van der Waals surface area contributed by atoms with Crippen LogP contribution in [0.25, 0.3) is 6.08 Å². The van der Waals surface area contributed by atoms with Crippen molar-refractivity contribution in [3.05, 3.63) is 53.4 Å². The number of hydrogen-bond acceptors (Lipinski definition) is 3. The van der Waals surface area contributed by atoms with Crippen molar-refractivity contribution in [3.63, 3.8) is 0 Å². The van der Waals surface area contributed by atoms with Crippen LogP contribution in [0, 0.1) is 6.92 Å². The maximum absolute atomic E-state index is 10.6. The third-order valence-corrected chi connectivity index (χ3v) is 2.97. The first kappa shape index (κ1) is 13.9. The van der Waals surface area contributed by atoms with E-state index in [0.29, 0.717) is 6.54 Å². The Morgan fingerprint density at radius 3 is 2.85 bits per heavy atom. The number of ether oxygens (including phenoxy) is 1. The van der Waals surface area contributed by atoms with Crippen LogP contribution in [0.1, 0.15) is 16.8 Å². The molecule has 0 saturated carbocycles. The molecule has 0 aliphatic rings. The van der Waals surface area contributed by atoms with Crippen LogP contribution in [0.3, 0.4) is 0 Å². The molecule has 0 amide bonds. The quantitative estimate of drug-likeness (QED) is 0.848. The summed E-state index contributed by atoms with van der Waals surface area (Å²) in [4.78, 5) is 10.6. The van der Waals surface area contributed by atoms with E-state index in [-0.39, 0.29) is 0 Å². The highest BCUT2D eigenvalue weighted by molar-refractivity contribution is 5.85. The van der Waals surface area contributed by atoms with Crippen molar-refractivity contribution >= 4 is 12.0 Å². The molecule has 5 nitrogen and oxygen atoms in total. The van der Waals surface area contributed by atoms with Crippen LogP contribution in [0.2, 0.25) is 0 Å². The lowest BCUT2D eigenvalue weighted by Gasteiger charge is -2.11. The minimum absolute atomic E-state index is 0.580. The number of nitrogens with zero attached hydrogens (tertiary/aromatic N) is 2. The van der Waals surface area contributed by atoms with Crippen molar-refractivity contribution in [1.82, 2.24) is 9.78 Å². The molecule has 104 valence electrons. The molecule has 1 N–H and O–H groups in total. The summed E-state index contributed by atoms with van der Waals surface area (Å²) in [6, 6.07) is 7.48. The molecule has 0 fully saturated rings. The van der Waals surface area contributed by atoms with E-state index in [1.807, 2.05) is 35.9 Å². The number of carboxylic acid groups (broad SMARTS) is 1. The molecule has 0 saturated heterocycles. The molecule has 0 unspecified atom stereocenters. The van der Waals surface area contributed by atoms with Gasteiger partial charge in [-0.25, -0.2) is 4.79 Å². The van der Waals surface area contributed by atoms with Gasteiger partial charge in [-0.15, -0.1) is 0 Å². The lowest BCUT2D eigenvalue weighted by Crippen LogP contribution is -2.05. The van der Waals surface area contributed by atoms with Gasteiger partial charge in [-0.3, -0.25) is 4.68 Å². The summed E-state index contributed by atoms with van der Waals surface area (Å²) in [5.74, 6) is -0.210. The van der Waals surface area contributed by atoms with Crippen LogP contribution in [0.5, 0.6) is 5.75 Å². The van der Waals surface area contributed by atoms with Gasteiger partial charge in [0.25, 0.3) is 0 Å². The Balaban J connectivity index is 2.32. The SMILES string of the molecule is COc1ccc(C=CC(=O)O)cc1Cn1nccc1C. The predicted octanol–water partition coefficient (Wildman–Crippen LogP) is 2.35. The highest BCUT2D eigenvalue weighted by Crippen LogP contribution is 2.22. The van der Waals surface area contributed by atoms with Gasteiger partial charge in [0.1, 0.15) is 5.75 Å². The van der Waals surface area contributed by atoms with Gasteiger partial charge in [-0.1, -0.05) is 6.07 Å². The molecule has 0 aliphatic heterocycles. The average Bonchev–Trinajstić information content (AvgIpc) is 2.82. The summed E-state index contributed by atoms with van der Waals surface area (Å²) in [5, 5.41) is 12.9. The molecule has 0 bridgehead atoms. The second kappa shape index (κ2) is 6.06. The molecule has 2 rings (SSSR count). The fourth-order valence-electron chi connectivity index (χ4n) is 1.92.